The zero-order valence-corrected chi connectivity index (χ0v) is 15.6. The van der Waals surface area contributed by atoms with Gasteiger partial charge in [-0.3, -0.25) is 4.79 Å². The number of carbonyl (C=O) groups is 1. The first-order chi connectivity index (χ1) is 14.0. The van der Waals surface area contributed by atoms with Gasteiger partial charge in [0.2, 0.25) is 0 Å². The van der Waals surface area contributed by atoms with Gasteiger partial charge in [-0.2, -0.15) is 8.78 Å². The van der Waals surface area contributed by atoms with E-state index < -0.39 is 12.5 Å². The van der Waals surface area contributed by atoms with Gasteiger partial charge < -0.3 is 19.5 Å². The fourth-order valence-electron chi connectivity index (χ4n) is 2.61. The number of alkyl halides is 2. The van der Waals surface area contributed by atoms with E-state index in [9.17, 15) is 13.6 Å². The minimum Gasteiger partial charge on any atom is -0.493 e. The van der Waals surface area contributed by atoms with E-state index in [1.807, 2.05) is 30.3 Å². The summed E-state index contributed by atoms with van der Waals surface area (Å²) in [6.07, 6.45) is 0. The summed E-state index contributed by atoms with van der Waals surface area (Å²) in [6.45, 7) is -2.63. The van der Waals surface area contributed by atoms with Crippen LogP contribution in [-0.2, 0) is 6.61 Å². The predicted molar refractivity (Wildman–Crippen MR) is 105 cm³/mol. The number of hydrogen-bond acceptors (Lipinski definition) is 4. The Labute approximate surface area is 166 Å². The zero-order valence-electron chi connectivity index (χ0n) is 15.6. The average molecular weight is 399 g/mol. The van der Waals surface area contributed by atoms with Crippen LogP contribution in [0.2, 0.25) is 0 Å². The maximum absolute atomic E-state index is 12.6. The van der Waals surface area contributed by atoms with E-state index in [0.29, 0.717) is 23.6 Å². The number of ether oxygens (including phenoxy) is 3. The highest BCUT2D eigenvalue weighted by atomic mass is 19.3. The molecule has 0 aromatic heterocycles. The monoisotopic (exact) mass is 399 g/mol. The van der Waals surface area contributed by atoms with Crippen molar-refractivity contribution < 1.29 is 27.8 Å². The lowest BCUT2D eigenvalue weighted by molar-refractivity contribution is -0.0511. The highest BCUT2D eigenvalue weighted by molar-refractivity contribution is 6.04. The molecule has 1 N–H and O–H groups in total. The Morgan fingerprint density at radius 1 is 0.966 bits per heavy atom. The lowest BCUT2D eigenvalue weighted by Gasteiger charge is -2.12. The van der Waals surface area contributed by atoms with Crippen molar-refractivity contribution in [3.05, 3.63) is 83.9 Å². The number of anilines is 1. The minimum absolute atomic E-state index is 0.139. The molecular formula is C22H19F2NO4. The third-order valence-electron chi connectivity index (χ3n) is 3.98. The maximum Gasteiger partial charge on any atom is 0.387 e. The van der Waals surface area contributed by atoms with Crippen LogP contribution in [0.1, 0.15) is 15.9 Å². The molecule has 0 aliphatic heterocycles. The second-order valence-corrected chi connectivity index (χ2v) is 6.00. The van der Waals surface area contributed by atoms with Crippen LogP contribution < -0.4 is 19.5 Å². The molecule has 0 bridgehead atoms. The van der Waals surface area contributed by atoms with Gasteiger partial charge in [0.1, 0.15) is 12.4 Å². The fraction of sp³-hybridized carbons (Fsp3) is 0.136. The number of halogens is 2. The Kier molecular flexibility index (Phi) is 6.63. The van der Waals surface area contributed by atoms with Crippen LogP contribution in [0, 0.1) is 0 Å². The molecule has 0 saturated carbocycles. The average Bonchev–Trinajstić information content (AvgIpc) is 2.73. The summed E-state index contributed by atoms with van der Waals surface area (Å²) in [6, 6.07) is 20.6. The molecule has 0 unspecified atom stereocenters. The van der Waals surface area contributed by atoms with Gasteiger partial charge in [0.25, 0.3) is 5.91 Å². The van der Waals surface area contributed by atoms with Crippen LogP contribution in [0.15, 0.2) is 72.8 Å². The van der Waals surface area contributed by atoms with Crippen molar-refractivity contribution >= 4 is 11.6 Å². The lowest BCUT2D eigenvalue weighted by atomic mass is 10.2. The van der Waals surface area contributed by atoms with Gasteiger partial charge in [-0.15, -0.1) is 0 Å². The quantitative estimate of drug-likeness (QED) is 0.571. The Bertz CT molecular complexity index is 964. The van der Waals surface area contributed by atoms with Gasteiger partial charge in [-0.1, -0.05) is 36.4 Å². The van der Waals surface area contributed by atoms with Gasteiger partial charge in [-0.05, 0) is 35.9 Å². The van der Waals surface area contributed by atoms with Crippen molar-refractivity contribution in [3.63, 3.8) is 0 Å². The molecule has 0 atom stereocenters. The Balaban J connectivity index is 1.69. The smallest absolute Gasteiger partial charge is 0.387 e. The normalized spacial score (nSPS) is 10.5. The number of benzene rings is 3. The van der Waals surface area contributed by atoms with Crippen LogP contribution >= 0.6 is 0 Å². The highest BCUT2D eigenvalue weighted by Crippen LogP contribution is 2.31. The highest BCUT2D eigenvalue weighted by Gasteiger charge is 2.13. The van der Waals surface area contributed by atoms with Crippen LogP contribution in [0.3, 0.4) is 0 Å². The van der Waals surface area contributed by atoms with Crippen LogP contribution in [-0.4, -0.2) is 19.6 Å². The van der Waals surface area contributed by atoms with Crippen molar-refractivity contribution in [1.29, 1.82) is 0 Å². The summed E-state index contributed by atoms with van der Waals surface area (Å²) in [5.41, 5.74) is 1.66. The molecule has 0 aliphatic carbocycles. The van der Waals surface area contributed by atoms with E-state index in [4.69, 9.17) is 9.47 Å². The summed E-state index contributed by atoms with van der Waals surface area (Å²) in [5.74, 6) is 0.0983. The third kappa shape index (κ3) is 5.68. The van der Waals surface area contributed by atoms with E-state index in [0.717, 1.165) is 5.56 Å². The SMILES string of the molecule is COc1ccc(NC(=O)c2cccc(OCc3ccccc3)c2)cc1OC(F)F. The van der Waals surface area contributed by atoms with Crippen molar-refractivity contribution in [2.24, 2.45) is 0 Å². The molecule has 1 amide bonds. The van der Waals surface area contributed by atoms with Crippen LogP contribution in [0.5, 0.6) is 17.2 Å². The topological polar surface area (TPSA) is 56.8 Å². The number of nitrogens with one attached hydrogen (secondary N) is 1. The number of carbonyl (C=O) groups excluding carboxylic acids is 1. The molecule has 0 heterocycles. The van der Waals surface area contributed by atoms with E-state index in [1.165, 1.54) is 25.3 Å². The first-order valence-electron chi connectivity index (χ1n) is 8.76. The molecule has 0 spiro atoms. The summed E-state index contributed by atoms with van der Waals surface area (Å²) < 4.78 is 40.2. The molecule has 0 aliphatic rings. The lowest BCUT2D eigenvalue weighted by Crippen LogP contribution is -2.12. The molecule has 3 aromatic rings. The minimum atomic E-state index is -3.01. The predicted octanol–water partition coefficient (Wildman–Crippen LogP) is 5.13. The maximum atomic E-state index is 12.6. The first-order valence-corrected chi connectivity index (χ1v) is 8.76. The molecule has 5 nitrogen and oxygen atoms in total. The van der Waals surface area contributed by atoms with E-state index in [1.54, 1.807) is 24.3 Å². The van der Waals surface area contributed by atoms with Crippen LogP contribution in [0.4, 0.5) is 14.5 Å². The Morgan fingerprint density at radius 2 is 1.76 bits per heavy atom. The van der Waals surface area contributed by atoms with Crippen molar-refractivity contribution in [2.75, 3.05) is 12.4 Å². The Morgan fingerprint density at radius 3 is 2.48 bits per heavy atom. The molecule has 0 saturated heterocycles. The summed E-state index contributed by atoms with van der Waals surface area (Å²) in [5, 5.41) is 2.65. The van der Waals surface area contributed by atoms with Gasteiger partial charge in [0.15, 0.2) is 11.5 Å². The van der Waals surface area contributed by atoms with Gasteiger partial charge in [0.05, 0.1) is 7.11 Å². The standard InChI is InChI=1S/C22H19F2NO4/c1-27-19-11-10-17(13-20(19)29-22(23)24)25-21(26)16-8-5-9-18(12-16)28-14-15-6-3-2-4-7-15/h2-13,22H,14H2,1H3,(H,25,26). The fourth-order valence-corrected chi connectivity index (χ4v) is 2.61. The van der Waals surface area contributed by atoms with Crippen molar-refractivity contribution in [1.82, 2.24) is 0 Å². The molecule has 3 rings (SSSR count). The van der Waals surface area contributed by atoms with Gasteiger partial charge in [-0.25, -0.2) is 0 Å². The molecular weight excluding hydrogens is 380 g/mol. The second kappa shape index (κ2) is 9.54. The van der Waals surface area contributed by atoms with E-state index in [2.05, 4.69) is 10.1 Å². The number of methoxy groups -OCH3 is 1. The van der Waals surface area contributed by atoms with Crippen LogP contribution in [0.25, 0.3) is 0 Å². The van der Waals surface area contributed by atoms with Gasteiger partial charge in [0, 0.05) is 17.3 Å². The first kappa shape index (κ1) is 20.1. The molecule has 0 radical (unpaired) electrons. The second-order valence-electron chi connectivity index (χ2n) is 6.00. The van der Waals surface area contributed by atoms with E-state index in [-0.39, 0.29) is 11.5 Å². The van der Waals surface area contributed by atoms with E-state index >= 15 is 0 Å². The Hall–Kier alpha value is -3.61. The molecule has 7 heteroatoms. The number of amides is 1. The number of rotatable bonds is 8. The summed E-state index contributed by atoms with van der Waals surface area (Å²) in [4.78, 5) is 12.5. The van der Waals surface area contributed by atoms with Crippen molar-refractivity contribution in [2.45, 2.75) is 13.2 Å². The molecule has 150 valence electrons. The zero-order chi connectivity index (χ0) is 20.6. The summed E-state index contributed by atoms with van der Waals surface area (Å²) >= 11 is 0. The largest absolute Gasteiger partial charge is 0.493 e. The summed E-state index contributed by atoms with van der Waals surface area (Å²) in [7, 11) is 1.34. The number of hydrogen-bond donors (Lipinski definition) is 1. The van der Waals surface area contributed by atoms with Crippen molar-refractivity contribution in [3.8, 4) is 17.2 Å². The van der Waals surface area contributed by atoms with Gasteiger partial charge >= 0.3 is 6.61 Å². The molecule has 3 aromatic carbocycles. The third-order valence-corrected chi connectivity index (χ3v) is 3.98. The molecule has 29 heavy (non-hydrogen) atoms. The molecule has 0 fully saturated rings.